The van der Waals surface area contributed by atoms with Gasteiger partial charge >= 0.3 is 5.97 Å². The molecule has 1 amide bonds. The molecule has 0 heterocycles. The molecule has 0 bridgehead atoms. The fourth-order valence-electron chi connectivity index (χ4n) is 10.4. The second-order valence-corrected chi connectivity index (χ2v) is 22.8. The van der Waals surface area contributed by atoms with Crippen LogP contribution < -0.4 is 5.32 Å². The van der Waals surface area contributed by atoms with E-state index in [1.807, 2.05) is 6.08 Å². The van der Waals surface area contributed by atoms with E-state index in [0.717, 1.165) is 44.9 Å². The van der Waals surface area contributed by atoms with Crippen molar-refractivity contribution in [2.75, 3.05) is 13.2 Å². The number of carbonyl (C=O) groups is 2. The second-order valence-electron chi connectivity index (χ2n) is 22.8. The van der Waals surface area contributed by atoms with Crippen molar-refractivity contribution in [1.82, 2.24) is 5.32 Å². The molecular weight excluding hydrogens is 899 g/mol. The highest BCUT2D eigenvalue weighted by Gasteiger charge is 2.18. The van der Waals surface area contributed by atoms with Crippen LogP contribution in [0.1, 0.15) is 367 Å². The molecule has 3 N–H and O–H groups in total. The van der Waals surface area contributed by atoms with Gasteiger partial charge in [0.25, 0.3) is 0 Å². The summed E-state index contributed by atoms with van der Waals surface area (Å²) in [6.07, 6.45) is 78.0. The molecule has 6 heteroatoms. The number of unbranched alkanes of at least 4 members (excludes halogenated alkanes) is 49. The monoisotopic (exact) mass is 1030 g/mol. The van der Waals surface area contributed by atoms with Crippen molar-refractivity contribution in [2.45, 2.75) is 379 Å². The predicted molar refractivity (Wildman–Crippen MR) is 320 cm³/mol. The SMILES string of the molecule is CCCCCCCCC/C=C\CCCCCCCC(=O)OCCCCCCCCCCCCCCCCCCCCCCCCC(=O)NC(CO)C(O)/C=C/CCCCCCCCCCCCCCCCCC. The maximum absolute atomic E-state index is 12.5. The highest BCUT2D eigenvalue weighted by molar-refractivity contribution is 5.76. The molecule has 2 unspecified atom stereocenters. The van der Waals surface area contributed by atoms with Crippen LogP contribution in [0.4, 0.5) is 0 Å². The van der Waals surface area contributed by atoms with Crippen molar-refractivity contribution in [2.24, 2.45) is 0 Å². The molecule has 73 heavy (non-hydrogen) atoms. The number of esters is 1. The minimum atomic E-state index is -0.845. The molecule has 0 rings (SSSR count). The standard InChI is InChI=1S/C67H129NO5/c1-3-5-7-9-11-13-15-17-19-21-28-31-35-39-43-47-51-55-59-65(70)64(63-69)68-66(71)60-56-52-48-44-40-36-32-29-26-24-22-23-25-27-30-34-38-42-46-50-54-58-62-73-67(72)61-57-53-49-45-41-37-33-20-18-16-14-12-10-8-6-4-2/h20,33,55,59,64-65,69-70H,3-19,21-32,34-54,56-58,60-63H2,1-2H3,(H,68,71)/b33-20-,59-55+. The summed E-state index contributed by atoms with van der Waals surface area (Å²) in [5.41, 5.74) is 0. The summed E-state index contributed by atoms with van der Waals surface area (Å²) in [5.74, 6) is -0.0593. The highest BCUT2D eigenvalue weighted by atomic mass is 16.5. The fourth-order valence-corrected chi connectivity index (χ4v) is 10.4. The lowest BCUT2D eigenvalue weighted by molar-refractivity contribution is -0.143. The zero-order valence-electron chi connectivity index (χ0n) is 49.4. The number of allylic oxidation sites excluding steroid dienone is 3. The van der Waals surface area contributed by atoms with E-state index in [1.165, 1.54) is 295 Å². The van der Waals surface area contributed by atoms with Crippen LogP contribution in [-0.4, -0.2) is 47.4 Å². The van der Waals surface area contributed by atoms with Gasteiger partial charge in [-0.05, 0) is 57.8 Å². The number of hydrogen-bond acceptors (Lipinski definition) is 5. The average Bonchev–Trinajstić information content (AvgIpc) is 3.39. The lowest BCUT2D eigenvalue weighted by Crippen LogP contribution is -2.45. The first-order valence-electron chi connectivity index (χ1n) is 33.1. The summed E-state index contributed by atoms with van der Waals surface area (Å²) in [5, 5.41) is 23.2. The first-order chi connectivity index (χ1) is 36.0. The van der Waals surface area contributed by atoms with Gasteiger partial charge in [-0.3, -0.25) is 9.59 Å². The molecule has 0 saturated heterocycles. The Labute approximate surface area is 456 Å². The van der Waals surface area contributed by atoms with Crippen LogP contribution in [0.5, 0.6) is 0 Å². The molecule has 0 aromatic carbocycles. The van der Waals surface area contributed by atoms with Gasteiger partial charge in [-0.2, -0.15) is 0 Å². The van der Waals surface area contributed by atoms with E-state index in [9.17, 15) is 19.8 Å². The Morgan fingerprint density at radius 3 is 0.973 bits per heavy atom. The Kier molecular flexibility index (Phi) is 61.4. The third kappa shape index (κ3) is 59.4. The zero-order valence-corrected chi connectivity index (χ0v) is 49.4. The normalized spacial score (nSPS) is 12.7. The van der Waals surface area contributed by atoms with E-state index >= 15 is 0 Å². The van der Waals surface area contributed by atoms with Crippen LogP contribution in [-0.2, 0) is 14.3 Å². The molecule has 0 spiro atoms. The largest absolute Gasteiger partial charge is 0.466 e. The number of ether oxygens (including phenoxy) is 1. The van der Waals surface area contributed by atoms with Crippen LogP contribution in [0.3, 0.4) is 0 Å². The topological polar surface area (TPSA) is 95.9 Å². The maximum atomic E-state index is 12.5. The van der Waals surface area contributed by atoms with Gasteiger partial charge in [-0.15, -0.1) is 0 Å². The Bertz CT molecular complexity index is 1140. The molecule has 0 aliphatic rings. The van der Waals surface area contributed by atoms with Crippen molar-refractivity contribution < 1.29 is 24.5 Å². The molecule has 0 aliphatic carbocycles. The minimum absolute atomic E-state index is 0.00594. The van der Waals surface area contributed by atoms with Crippen LogP contribution in [0.25, 0.3) is 0 Å². The van der Waals surface area contributed by atoms with Gasteiger partial charge in [0.1, 0.15) is 0 Å². The predicted octanol–water partition coefficient (Wildman–Crippen LogP) is 21.0. The molecule has 0 fully saturated rings. The summed E-state index contributed by atoms with van der Waals surface area (Å²) in [6.45, 7) is 4.93. The first-order valence-corrected chi connectivity index (χ1v) is 33.1. The van der Waals surface area contributed by atoms with E-state index in [2.05, 4.69) is 31.3 Å². The number of aliphatic hydroxyl groups excluding tert-OH is 2. The molecule has 6 nitrogen and oxygen atoms in total. The maximum Gasteiger partial charge on any atom is 0.305 e. The molecule has 2 atom stereocenters. The highest BCUT2D eigenvalue weighted by Crippen LogP contribution is 2.18. The zero-order chi connectivity index (χ0) is 52.9. The summed E-state index contributed by atoms with van der Waals surface area (Å²) >= 11 is 0. The molecule has 0 aromatic heterocycles. The Balaban J connectivity index is 3.40. The molecule has 0 aliphatic heterocycles. The number of nitrogens with one attached hydrogen (secondary N) is 1. The summed E-state index contributed by atoms with van der Waals surface area (Å²) in [4.78, 5) is 24.6. The van der Waals surface area contributed by atoms with Gasteiger partial charge in [0.15, 0.2) is 0 Å². The summed E-state index contributed by atoms with van der Waals surface area (Å²) < 4.78 is 5.49. The average molecular weight is 1030 g/mol. The fraction of sp³-hybridized carbons (Fsp3) is 0.910. The van der Waals surface area contributed by atoms with Crippen LogP contribution >= 0.6 is 0 Å². The summed E-state index contributed by atoms with van der Waals surface area (Å²) in [6, 6.07) is -0.628. The van der Waals surface area contributed by atoms with Crippen molar-refractivity contribution in [1.29, 1.82) is 0 Å². The summed E-state index contributed by atoms with van der Waals surface area (Å²) in [7, 11) is 0. The quantitative estimate of drug-likeness (QED) is 0.0320. The van der Waals surface area contributed by atoms with E-state index < -0.39 is 12.1 Å². The lowest BCUT2D eigenvalue weighted by atomic mass is 10.0. The molecular formula is C67H129NO5. The molecule has 0 saturated carbocycles. The van der Waals surface area contributed by atoms with Crippen molar-refractivity contribution in [3.05, 3.63) is 24.3 Å². The Morgan fingerprint density at radius 1 is 0.370 bits per heavy atom. The van der Waals surface area contributed by atoms with Gasteiger partial charge in [0, 0.05) is 12.8 Å². The molecule has 0 radical (unpaired) electrons. The minimum Gasteiger partial charge on any atom is -0.466 e. The van der Waals surface area contributed by atoms with Crippen LogP contribution in [0, 0.1) is 0 Å². The van der Waals surface area contributed by atoms with Gasteiger partial charge in [0.05, 0.1) is 25.4 Å². The van der Waals surface area contributed by atoms with Gasteiger partial charge in [-0.25, -0.2) is 0 Å². The van der Waals surface area contributed by atoms with Gasteiger partial charge < -0.3 is 20.3 Å². The van der Waals surface area contributed by atoms with E-state index in [4.69, 9.17) is 4.74 Å². The number of amides is 1. The van der Waals surface area contributed by atoms with Crippen molar-refractivity contribution in [3.63, 3.8) is 0 Å². The van der Waals surface area contributed by atoms with Crippen molar-refractivity contribution >= 4 is 11.9 Å². The van der Waals surface area contributed by atoms with Crippen LogP contribution in [0.15, 0.2) is 24.3 Å². The molecule has 432 valence electrons. The smallest absolute Gasteiger partial charge is 0.305 e. The third-order valence-electron chi connectivity index (χ3n) is 15.5. The number of rotatable bonds is 62. The first kappa shape index (κ1) is 71.3. The van der Waals surface area contributed by atoms with Gasteiger partial charge in [-0.1, -0.05) is 321 Å². The van der Waals surface area contributed by atoms with Crippen molar-refractivity contribution in [3.8, 4) is 0 Å². The lowest BCUT2D eigenvalue weighted by Gasteiger charge is -2.20. The van der Waals surface area contributed by atoms with E-state index in [-0.39, 0.29) is 18.5 Å². The van der Waals surface area contributed by atoms with Crippen LogP contribution in [0.2, 0.25) is 0 Å². The Hall–Kier alpha value is -1.66. The number of hydrogen-bond donors (Lipinski definition) is 3. The number of carbonyl (C=O) groups excluding carboxylic acids is 2. The van der Waals surface area contributed by atoms with E-state index in [0.29, 0.717) is 19.4 Å². The molecule has 0 aromatic rings. The number of aliphatic hydroxyl groups is 2. The third-order valence-corrected chi connectivity index (χ3v) is 15.5. The van der Waals surface area contributed by atoms with E-state index in [1.54, 1.807) is 6.08 Å². The van der Waals surface area contributed by atoms with Gasteiger partial charge in [0.2, 0.25) is 5.91 Å². The second kappa shape index (κ2) is 62.9. The Morgan fingerprint density at radius 2 is 0.644 bits per heavy atom.